The molecule has 0 saturated carbocycles. The van der Waals surface area contributed by atoms with Gasteiger partial charge in [0.2, 0.25) is 23.8 Å². The number of aromatic nitrogens is 6. The summed E-state index contributed by atoms with van der Waals surface area (Å²) in [6, 6.07) is 19.9. The lowest BCUT2D eigenvalue weighted by molar-refractivity contribution is -0.447. The fourth-order valence-electron chi connectivity index (χ4n) is 9.51. The molecule has 0 aliphatic carbocycles. The number of azo groups is 2. The van der Waals surface area contributed by atoms with Crippen LogP contribution < -0.4 is 32.6 Å². The first kappa shape index (κ1) is 70.9. The maximum atomic E-state index is 13.2. The third-order valence-corrected chi connectivity index (χ3v) is 17.7. The summed E-state index contributed by atoms with van der Waals surface area (Å²) in [6.07, 6.45) is 1.23. The first-order chi connectivity index (χ1) is 46.3. The number of carbonyl (C=O) groups is 2. The Hall–Kier alpha value is -9.40. The van der Waals surface area contributed by atoms with Crippen LogP contribution in [0.3, 0.4) is 0 Å². The Morgan fingerprint density at radius 1 is 0.562 bits per heavy atom. The highest BCUT2D eigenvalue weighted by Gasteiger charge is 2.27. The molecule has 0 amide bonds. The number of phenolic OH excluding ortho intramolecular Hbond substituents is 2. The van der Waals surface area contributed by atoms with Crippen molar-refractivity contribution in [3.8, 4) is 11.5 Å². The summed E-state index contributed by atoms with van der Waals surface area (Å²) < 4.78 is 82.0. The minimum atomic E-state index is -4.38. The number of carbonyl (C=O) groups excluding carboxylic acids is 2. The molecule has 2 aromatic heterocycles. The molecule has 8 N–H and O–H groups in total. The van der Waals surface area contributed by atoms with E-state index in [1.165, 1.54) is 77.0 Å². The maximum Gasteiger partial charge on any atom is 0.351 e. The zero-order chi connectivity index (χ0) is 68.5. The van der Waals surface area contributed by atoms with Crippen molar-refractivity contribution in [3.05, 3.63) is 117 Å². The number of hydrogen-bond acceptors (Lipinski definition) is 36. The largest absolute Gasteiger partial charge is 0.505 e. The Labute approximate surface area is 553 Å². The molecule has 1 saturated heterocycles. The van der Waals surface area contributed by atoms with Crippen LogP contribution in [-0.2, 0) is 66.6 Å². The predicted molar refractivity (Wildman–Crippen MR) is 345 cm³/mol. The van der Waals surface area contributed by atoms with Gasteiger partial charge in [-0.25, -0.2) is 29.0 Å². The third kappa shape index (κ3) is 17.7. The lowest BCUT2D eigenvalue weighted by Gasteiger charge is -2.34. The number of nitrogens with zero attached hydrogens (tertiary/aromatic N) is 10. The van der Waals surface area contributed by atoms with Crippen LogP contribution >= 0.6 is 24.1 Å². The van der Waals surface area contributed by atoms with E-state index in [0.717, 1.165) is 52.5 Å². The Balaban J connectivity index is 0.820. The minimum Gasteiger partial charge on any atom is -0.505 e. The number of benzene rings is 6. The number of H-pyrrole nitrogens is 2. The molecule has 9 rings (SSSR count). The molecule has 0 radical (unpaired) electrons. The fourth-order valence-corrected chi connectivity index (χ4v) is 12.1. The molecule has 3 heterocycles. The van der Waals surface area contributed by atoms with E-state index in [2.05, 4.69) is 101 Å². The second kappa shape index (κ2) is 32.8. The van der Waals surface area contributed by atoms with Gasteiger partial charge in [-0.3, -0.25) is 18.3 Å². The smallest absolute Gasteiger partial charge is 0.351 e. The van der Waals surface area contributed by atoms with Crippen molar-refractivity contribution in [1.82, 2.24) is 39.7 Å². The summed E-state index contributed by atoms with van der Waals surface area (Å²) in [4.78, 5) is 85.7. The molecular weight excluding hydrogens is 1340 g/mol. The zero-order valence-electron chi connectivity index (χ0n) is 51.5. The molecule has 36 nitrogen and oxygen atoms in total. The number of piperazine rings is 1. The first-order valence-electron chi connectivity index (χ1n) is 28.2. The van der Waals surface area contributed by atoms with Gasteiger partial charge in [-0.2, -0.15) is 36.8 Å². The number of esters is 2. The molecule has 0 spiro atoms. The molecule has 0 bridgehead atoms. The van der Waals surface area contributed by atoms with Crippen LogP contribution in [0.15, 0.2) is 135 Å². The number of aromatic hydroxyl groups is 2. The van der Waals surface area contributed by atoms with E-state index in [0.29, 0.717) is 63.1 Å². The molecular formula is C56H60N16O20S4. The molecule has 0 unspecified atom stereocenters. The van der Waals surface area contributed by atoms with E-state index < -0.39 is 55.1 Å². The highest BCUT2D eigenvalue weighted by molar-refractivity contribution is 7.95. The zero-order valence-corrected chi connectivity index (χ0v) is 54.8. The Morgan fingerprint density at radius 3 is 1.33 bits per heavy atom. The molecule has 8 aromatic rings. The van der Waals surface area contributed by atoms with Gasteiger partial charge in [-0.05, 0) is 97.4 Å². The monoisotopic (exact) mass is 1400 g/mol. The van der Waals surface area contributed by atoms with E-state index in [9.17, 15) is 46.2 Å². The molecule has 1 aliphatic rings. The number of anilines is 6. The highest BCUT2D eigenvalue weighted by Crippen LogP contribution is 2.50. The van der Waals surface area contributed by atoms with Gasteiger partial charge in [0, 0.05) is 50.0 Å². The van der Waals surface area contributed by atoms with Crippen LogP contribution in [0.1, 0.15) is 33.6 Å². The average Bonchev–Trinajstić information content (AvgIpc) is 0.775. The van der Waals surface area contributed by atoms with E-state index in [1.807, 2.05) is 0 Å². The van der Waals surface area contributed by atoms with Crippen LogP contribution in [-0.4, -0.2) is 174 Å². The van der Waals surface area contributed by atoms with Gasteiger partial charge in [-0.1, -0.05) is 34.3 Å². The van der Waals surface area contributed by atoms with Gasteiger partial charge >= 0.3 is 23.3 Å². The number of hydrogen-bond donors (Lipinski definition) is 8. The normalized spacial score (nSPS) is 13.2. The Kier molecular flexibility index (Phi) is 24.3. The second-order valence-electron chi connectivity index (χ2n) is 19.9. The number of aromatic amines is 2. The molecule has 96 heavy (non-hydrogen) atoms. The SMILES string of the molecule is COOOSc1cc2cc(S(=O)(=O)OC)cc(Nc3nc(NCCCN4CCN(CCCNc5nc(Nc6cc(S(=O)(=O)OC)cc7cc(SOOOC)c(N=Nc8ccccc8C(=O)OC)c(O)c67)[nH]c(=O)n5)CC4)nc(=O)[nH]3)c2c(O)c1N=Nc1ccccc1C(=O)OC. The topological polar surface area (TPSA) is 457 Å². The summed E-state index contributed by atoms with van der Waals surface area (Å²) in [5, 5.41) is 62.0. The molecule has 40 heteroatoms. The summed E-state index contributed by atoms with van der Waals surface area (Å²) in [5.74, 6) is -3.03. The van der Waals surface area contributed by atoms with Crippen LogP contribution in [0.25, 0.3) is 21.5 Å². The fraction of sp³-hybridized carbons (Fsp3) is 0.286. The van der Waals surface area contributed by atoms with E-state index >= 15 is 0 Å². The summed E-state index contributed by atoms with van der Waals surface area (Å²) in [6.45, 7) is 5.02. The number of fused-ring (bicyclic) bond motifs is 2. The summed E-state index contributed by atoms with van der Waals surface area (Å²) >= 11 is 1.06. The van der Waals surface area contributed by atoms with Gasteiger partial charge in [0.1, 0.15) is 22.7 Å². The summed E-state index contributed by atoms with van der Waals surface area (Å²) in [7, 11) is -2.06. The third-order valence-electron chi connectivity index (χ3n) is 14.0. The first-order valence-corrected chi connectivity index (χ1v) is 32.5. The van der Waals surface area contributed by atoms with Crippen LogP contribution in [0.2, 0.25) is 0 Å². The lowest BCUT2D eigenvalue weighted by atomic mass is 10.1. The average molecular weight is 1410 g/mol. The van der Waals surface area contributed by atoms with Gasteiger partial charge < -0.3 is 50.8 Å². The van der Waals surface area contributed by atoms with Gasteiger partial charge in [-0.15, -0.1) is 29.1 Å². The van der Waals surface area contributed by atoms with E-state index in [-0.39, 0.29) is 110 Å². The minimum absolute atomic E-state index is 0.0187. The van der Waals surface area contributed by atoms with Crippen molar-refractivity contribution in [3.63, 3.8) is 0 Å². The number of rotatable bonds is 32. The van der Waals surface area contributed by atoms with Crippen molar-refractivity contribution < 1.29 is 83.0 Å². The van der Waals surface area contributed by atoms with Crippen molar-refractivity contribution in [2.75, 3.05) is 116 Å². The molecule has 6 aromatic carbocycles. The van der Waals surface area contributed by atoms with Crippen molar-refractivity contribution in [2.24, 2.45) is 20.5 Å². The van der Waals surface area contributed by atoms with E-state index in [4.69, 9.17) is 26.5 Å². The number of methoxy groups -OCH3 is 2. The van der Waals surface area contributed by atoms with Crippen molar-refractivity contribution in [2.45, 2.75) is 32.4 Å². The van der Waals surface area contributed by atoms with Crippen molar-refractivity contribution >= 4 is 136 Å². The lowest BCUT2D eigenvalue weighted by Crippen LogP contribution is -2.47. The van der Waals surface area contributed by atoms with Crippen molar-refractivity contribution in [1.29, 1.82) is 0 Å². The van der Waals surface area contributed by atoms with Gasteiger partial charge in [0.15, 0.2) is 11.5 Å². The summed E-state index contributed by atoms with van der Waals surface area (Å²) in [5.41, 5.74) is -1.95. The maximum absolute atomic E-state index is 13.2. The second-order valence-corrected chi connectivity index (χ2v) is 24.8. The van der Waals surface area contributed by atoms with E-state index in [1.54, 1.807) is 24.3 Å². The number of phenols is 2. The number of nitrogens with one attached hydrogen (secondary N) is 6. The van der Waals surface area contributed by atoms with Crippen LogP contribution in [0.4, 0.5) is 57.9 Å². The standard InChI is InChI=1S/C56H60N16O20S4/c1-83-49(75)35-13-7-9-15-37(35)67-69-45-41(93-91-89-85-3)27-31-25-33(95(79,80)87-5)29-39(43(31)47(45)73)59-53-61-51(63-55(77)65-53)57-17-11-19-71-21-23-72(24-22-71)20-12-18-58-52-62-54(66-56(78)64-52)60-40-30-34(96(81,82)88-6)26-32-28-42(94-92-90-86-4)46(48(74)44(32)40)70-68-38-16-10-8-14-36(38)50(76)84-2/h7-10,13-16,25-30,73-74H,11-12,17-24H2,1-6H3,(H3,57,59,61,63,65,77)(H3,58,60,62,64,66,78). The molecule has 1 aliphatic heterocycles. The van der Waals surface area contributed by atoms with Gasteiger partial charge in [0.05, 0.1) is 109 Å². The number of ether oxygens (including phenoxy) is 2. The van der Waals surface area contributed by atoms with Crippen LogP contribution in [0, 0.1) is 0 Å². The van der Waals surface area contributed by atoms with Crippen LogP contribution in [0.5, 0.6) is 11.5 Å². The molecule has 508 valence electrons. The molecule has 0 atom stereocenters. The quantitative estimate of drug-likeness (QED) is 0.00378. The Bertz CT molecular complexity index is 4300. The Morgan fingerprint density at radius 2 is 0.958 bits per heavy atom. The molecule has 1 fully saturated rings. The van der Waals surface area contributed by atoms with Gasteiger partial charge in [0.25, 0.3) is 20.2 Å². The highest BCUT2D eigenvalue weighted by atomic mass is 32.2. The predicted octanol–water partition coefficient (Wildman–Crippen LogP) is 7.88.